The molecule has 0 amide bonds. The van der Waals surface area contributed by atoms with Crippen molar-refractivity contribution in [2.75, 3.05) is 13.1 Å². The highest BCUT2D eigenvalue weighted by atomic mass is 19.1. The maximum Gasteiger partial charge on any atom is 0.125 e. The van der Waals surface area contributed by atoms with E-state index in [1.807, 2.05) is 18.2 Å². The molecule has 0 radical (unpaired) electrons. The minimum absolute atomic E-state index is 0.0294. The predicted molar refractivity (Wildman–Crippen MR) is 125 cm³/mol. The fourth-order valence-electron chi connectivity index (χ4n) is 6.14. The maximum atomic E-state index is 13.9. The van der Waals surface area contributed by atoms with Crippen LogP contribution in [-0.2, 0) is 24.8 Å². The first-order chi connectivity index (χ1) is 15.6. The van der Waals surface area contributed by atoms with Crippen molar-refractivity contribution in [1.82, 2.24) is 9.88 Å². The van der Waals surface area contributed by atoms with Crippen LogP contribution in [-0.4, -0.2) is 28.1 Å². The molecule has 3 nitrogen and oxygen atoms in total. The Balaban J connectivity index is 1.41. The molecule has 0 spiro atoms. The topological polar surface area (TPSA) is 39.3 Å². The van der Waals surface area contributed by atoms with Crippen molar-refractivity contribution in [2.45, 2.75) is 31.2 Å². The second-order valence-corrected chi connectivity index (χ2v) is 9.53. The molecule has 0 saturated carbocycles. The van der Waals surface area contributed by atoms with Crippen molar-refractivity contribution in [2.24, 2.45) is 5.92 Å². The highest BCUT2D eigenvalue weighted by Crippen LogP contribution is 2.49. The van der Waals surface area contributed by atoms with Crippen LogP contribution in [0.3, 0.4) is 0 Å². The van der Waals surface area contributed by atoms with Crippen molar-refractivity contribution in [3.8, 4) is 5.75 Å². The van der Waals surface area contributed by atoms with Gasteiger partial charge in [-0.2, -0.15) is 0 Å². The number of phenolic OH excluding ortho intramolecular Hbond substituents is 1. The normalized spacial score (nSPS) is 23.1. The molecule has 1 aromatic heterocycles. The molecule has 32 heavy (non-hydrogen) atoms. The number of H-pyrrole nitrogens is 1. The van der Waals surface area contributed by atoms with Gasteiger partial charge in [0.15, 0.2) is 0 Å². The standard InChI is InChI=1S/C28H27FN2O/c29-22-9-10-24-25-14-21-18-31(17-19-5-2-1-3-6-19)12-11-28(21,16-27(25)30-26(24)15-22)20-7-4-8-23(32)13-20/h1-10,13,15,21,30,32H,11-12,14,16-18H2/t21?,28-/m0/s1. The largest absolute Gasteiger partial charge is 0.508 e. The Morgan fingerprint density at radius 3 is 2.75 bits per heavy atom. The second-order valence-electron chi connectivity index (χ2n) is 9.53. The first-order valence-electron chi connectivity index (χ1n) is 11.5. The molecule has 3 aromatic carbocycles. The zero-order chi connectivity index (χ0) is 21.7. The number of aromatic hydroxyl groups is 1. The smallest absolute Gasteiger partial charge is 0.125 e. The van der Waals surface area contributed by atoms with Gasteiger partial charge in [0.2, 0.25) is 0 Å². The van der Waals surface area contributed by atoms with E-state index in [2.05, 4.69) is 46.3 Å². The lowest BCUT2D eigenvalue weighted by Crippen LogP contribution is -2.53. The fraction of sp³-hybridized carbons (Fsp3) is 0.286. The average molecular weight is 427 g/mol. The summed E-state index contributed by atoms with van der Waals surface area (Å²) >= 11 is 0. The Kier molecular flexibility index (Phi) is 4.58. The second kappa shape index (κ2) is 7.49. The minimum Gasteiger partial charge on any atom is -0.508 e. The molecule has 6 rings (SSSR count). The molecular formula is C28H27FN2O. The lowest BCUT2D eigenvalue weighted by atomic mass is 9.58. The lowest BCUT2D eigenvalue weighted by Gasteiger charge is -2.51. The third-order valence-corrected chi connectivity index (χ3v) is 7.70. The molecule has 4 heteroatoms. The fourth-order valence-corrected chi connectivity index (χ4v) is 6.14. The van der Waals surface area contributed by atoms with Crippen molar-refractivity contribution in [3.05, 3.63) is 101 Å². The van der Waals surface area contributed by atoms with E-state index in [1.54, 1.807) is 18.2 Å². The summed E-state index contributed by atoms with van der Waals surface area (Å²) in [5.41, 5.74) is 5.98. The number of rotatable bonds is 3. The number of benzene rings is 3. The molecule has 1 aliphatic heterocycles. The summed E-state index contributed by atoms with van der Waals surface area (Å²) in [4.78, 5) is 6.10. The van der Waals surface area contributed by atoms with E-state index >= 15 is 0 Å². The number of halogens is 1. The van der Waals surface area contributed by atoms with E-state index < -0.39 is 0 Å². The monoisotopic (exact) mass is 426 g/mol. The molecule has 1 fully saturated rings. The SMILES string of the molecule is Oc1cccc([C@@]23CCN(Cc4ccccc4)CC2Cc2c([nH]c4cc(F)ccc24)C3)c1. The number of aromatic nitrogens is 1. The molecule has 0 bridgehead atoms. The first-order valence-corrected chi connectivity index (χ1v) is 11.5. The van der Waals surface area contributed by atoms with Gasteiger partial charge >= 0.3 is 0 Å². The number of piperidine rings is 1. The molecular weight excluding hydrogens is 399 g/mol. The highest BCUT2D eigenvalue weighted by Gasteiger charge is 2.48. The number of nitrogens with zero attached hydrogens (tertiary/aromatic N) is 1. The van der Waals surface area contributed by atoms with Crippen LogP contribution >= 0.6 is 0 Å². The zero-order valence-electron chi connectivity index (χ0n) is 18.0. The van der Waals surface area contributed by atoms with E-state index in [1.165, 1.54) is 22.4 Å². The van der Waals surface area contributed by atoms with Gasteiger partial charge in [-0.3, -0.25) is 4.90 Å². The van der Waals surface area contributed by atoms with Crippen molar-refractivity contribution < 1.29 is 9.50 Å². The van der Waals surface area contributed by atoms with Crippen molar-refractivity contribution in [3.63, 3.8) is 0 Å². The predicted octanol–water partition coefficient (Wildman–Crippen LogP) is 5.57. The van der Waals surface area contributed by atoms with Crippen LogP contribution in [0.1, 0.15) is 28.8 Å². The van der Waals surface area contributed by atoms with E-state index in [4.69, 9.17) is 0 Å². The summed E-state index contributed by atoms with van der Waals surface area (Å²) in [7, 11) is 0. The number of fused-ring (bicyclic) bond motifs is 4. The minimum atomic E-state index is -0.203. The van der Waals surface area contributed by atoms with E-state index in [-0.39, 0.29) is 11.2 Å². The number of phenols is 1. The summed E-state index contributed by atoms with van der Waals surface area (Å²) in [6, 6.07) is 23.6. The molecule has 2 atom stereocenters. The number of hydrogen-bond donors (Lipinski definition) is 2. The Labute approximate surface area is 187 Å². The molecule has 2 heterocycles. The Morgan fingerprint density at radius 1 is 1.03 bits per heavy atom. The molecule has 1 unspecified atom stereocenters. The van der Waals surface area contributed by atoms with Crippen molar-refractivity contribution >= 4 is 10.9 Å². The van der Waals surface area contributed by atoms with Crippen LogP contribution in [0, 0.1) is 11.7 Å². The van der Waals surface area contributed by atoms with Gasteiger partial charge in [0, 0.05) is 35.1 Å². The third-order valence-electron chi connectivity index (χ3n) is 7.70. The highest BCUT2D eigenvalue weighted by molar-refractivity contribution is 5.85. The van der Waals surface area contributed by atoms with Crippen LogP contribution in [0.5, 0.6) is 5.75 Å². The van der Waals surface area contributed by atoms with Crippen LogP contribution in [0.4, 0.5) is 4.39 Å². The van der Waals surface area contributed by atoms with Crippen LogP contribution in [0.2, 0.25) is 0 Å². The Hall–Kier alpha value is -3.11. The Morgan fingerprint density at radius 2 is 1.91 bits per heavy atom. The molecule has 1 aliphatic carbocycles. The van der Waals surface area contributed by atoms with Gasteiger partial charge in [0.25, 0.3) is 0 Å². The Bertz CT molecular complexity index is 1280. The summed E-state index contributed by atoms with van der Waals surface area (Å²) in [6.45, 7) is 2.99. The van der Waals surface area contributed by atoms with E-state index in [0.29, 0.717) is 11.7 Å². The number of aromatic amines is 1. The van der Waals surface area contributed by atoms with Crippen LogP contribution in [0.15, 0.2) is 72.8 Å². The summed E-state index contributed by atoms with van der Waals surface area (Å²) in [5.74, 6) is 0.551. The number of likely N-dealkylation sites (tertiary alicyclic amines) is 1. The number of nitrogens with one attached hydrogen (secondary N) is 1. The third kappa shape index (κ3) is 3.21. The van der Waals surface area contributed by atoms with Gasteiger partial charge in [0.1, 0.15) is 11.6 Å². The molecule has 4 aromatic rings. The van der Waals surface area contributed by atoms with E-state index in [0.717, 1.165) is 49.8 Å². The maximum absolute atomic E-state index is 13.9. The van der Waals surface area contributed by atoms with Gasteiger partial charge in [-0.05, 0) is 78.7 Å². The van der Waals surface area contributed by atoms with Gasteiger partial charge in [-0.1, -0.05) is 42.5 Å². The molecule has 1 saturated heterocycles. The summed E-state index contributed by atoms with van der Waals surface area (Å²) in [6.07, 6.45) is 2.89. The number of hydrogen-bond acceptors (Lipinski definition) is 2. The van der Waals surface area contributed by atoms with Crippen LogP contribution < -0.4 is 0 Å². The summed E-state index contributed by atoms with van der Waals surface area (Å²) < 4.78 is 13.9. The zero-order valence-corrected chi connectivity index (χ0v) is 18.0. The van der Waals surface area contributed by atoms with Gasteiger partial charge in [-0.15, -0.1) is 0 Å². The quantitative estimate of drug-likeness (QED) is 0.449. The van der Waals surface area contributed by atoms with Gasteiger partial charge in [0.05, 0.1) is 0 Å². The first kappa shape index (κ1) is 19.6. The van der Waals surface area contributed by atoms with Gasteiger partial charge < -0.3 is 10.1 Å². The molecule has 2 aliphatic rings. The van der Waals surface area contributed by atoms with Crippen LogP contribution in [0.25, 0.3) is 10.9 Å². The molecule has 162 valence electrons. The van der Waals surface area contributed by atoms with Gasteiger partial charge in [-0.25, -0.2) is 4.39 Å². The average Bonchev–Trinajstić information content (AvgIpc) is 3.14. The summed E-state index contributed by atoms with van der Waals surface area (Å²) in [5, 5.41) is 11.4. The molecule has 2 N–H and O–H groups in total. The van der Waals surface area contributed by atoms with Crippen molar-refractivity contribution in [1.29, 1.82) is 0 Å². The lowest BCUT2D eigenvalue weighted by molar-refractivity contribution is 0.0765. The van der Waals surface area contributed by atoms with E-state index in [9.17, 15) is 9.50 Å².